The van der Waals surface area contributed by atoms with E-state index in [0.717, 1.165) is 24.0 Å². The summed E-state index contributed by atoms with van der Waals surface area (Å²) in [7, 11) is 0. The van der Waals surface area contributed by atoms with Crippen LogP contribution in [-0.4, -0.2) is 18.5 Å². The van der Waals surface area contributed by atoms with E-state index >= 15 is 0 Å². The zero-order chi connectivity index (χ0) is 13.8. The Morgan fingerprint density at radius 3 is 2.80 bits per heavy atom. The van der Waals surface area contributed by atoms with Crippen molar-refractivity contribution in [1.29, 1.82) is 0 Å². The van der Waals surface area contributed by atoms with Crippen LogP contribution < -0.4 is 11.1 Å². The Kier molecular flexibility index (Phi) is 6.20. The molecular formula is C15H21BrFN3. The molecular weight excluding hydrogens is 321 g/mol. The maximum Gasteiger partial charge on any atom is 0.189 e. The lowest BCUT2D eigenvalue weighted by Crippen LogP contribution is -2.46. The summed E-state index contributed by atoms with van der Waals surface area (Å²) in [5, 5.41) is 3.18. The molecule has 0 radical (unpaired) electrons. The van der Waals surface area contributed by atoms with Crippen LogP contribution in [0.5, 0.6) is 0 Å². The van der Waals surface area contributed by atoms with Gasteiger partial charge in [0.05, 0.1) is 6.54 Å². The molecule has 0 bridgehead atoms. The highest BCUT2D eigenvalue weighted by Crippen LogP contribution is 2.36. The number of hydrogen-bond donors (Lipinski definition) is 2. The molecule has 0 amide bonds. The van der Waals surface area contributed by atoms with Gasteiger partial charge in [-0.2, -0.15) is 0 Å². The molecule has 2 rings (SSSR count). The zero-order valence-corrected chi connectivity index (χ0v) is 13.3. The van der Waals surface area contributed by atoms with Gasteiger partial charge in [-0.1, -0.05) is 24.3 Å². The third kappa shape index (κ3) is 4.63. The first kappa shape index (κ1) is 16.7. The van der Waals surface area contributed by atoms with E-state index < -0.39 is 0 Å². The highest BCUT2D eigenvalue weighted by molar-refractivity contribution is 8.93. The smallest absolute Gasteiger partial charge is 0.189 e. The Hall–Kier alpha value is -1.36. The van der Waals surface area contributed by atoms with Crippen molar-refractivity contribution in [1.82, 2.24) is 5.32 Å². The molecule has 3 nitrogen and oxygen atoms in total. The van der Waals surface area contributed by atoms with E-state index in [2.05, 4.69) is 16.9 Å². The molecule has 1 aliphatic carbocycles. The number of nitrogens with two attached hydrogens (primary N) is 1. The number of halogens is 2. The van der Waals surface area contributed by atoms with Crippen LogP contribution in [0.1, 0.15) is 31.2 Å². The fourth-order valence-corrected chi connectivity index (χ4v) is 2.24. The zero-order valence-electron chi connectivity index (χ0n) is 11.6. The lowest BCUT2D eigenvalue weighted by molar-refractivity contribution is 0.323. The van der Waals surface area contributed by atoms with Crippen LogP contribution in [0.25, 0.3) is 0 Å². The van der Waals surface area contributed by atoms with E-state index in [9.17, 15) is 4.39 Å². The molecule has 3 N–H and O–H groups in total. The van der Waals surface area contributed by atoms with E-state index in [0.29, 0.717) is 24.5 Å². The molecule has 0 spiro atoms. The van der Waals surface area contributed by atoms with Crippen LogP contribution in [-0.2, 0) is 0 Å². The van der Waals surface area contributed by atoms with E-state index in [1.807, 2.05) is 13.0 Å². The third-order valence-electron chi connectivity index (χ3n) is 3.33. The molecule has 1 fully saturated rings. The molecule has 20 heavy (non-hydrogen) atoms. The number of guanidine groups is 1. The fourth-order valence-electron chi connectivity index (χ4n) is 2.24. The number of rotatable bonds is 4. The molecule has 1 aromatic rings. The molecule has 0 heterocycles. The number of benzene rings is 1. The van der Waals surface area contributed by atoms with Gasteiger partial charge in [-0.05, 0) is 43.4 Å². The van der Waals surface area contributed by atoms with Crippen molar-refractivity contribution in [2.45, 2.75) is 31.7 Å². The predicted molar refractivity (Wildman–Crippen MR) is 86.9 cm³/mol. The summed E-state index contributed by atoms with van der Waals surface area (Å²) in [6.07, 6.45) is 1.93. The molecule has 0 unspecified atom stereocenters. The molecule has 1 aliphatic rings. The Morgan fingerprint density at radius 1 is 1.50 bits per heavy atom. The minimum atomic E-state index is -0.170. The van der Waals surface area contributed by atoms with E-state index in [-0.39, 0.29) is 22.8 Å². The largest absolute Gasteiger partial charge is 0.370 e. The van der Waals surface area contributed by atoms with Gasteiger partial charge in [-0.25, -0.2) is 9.38 Å². The normalized spacial score (nSPS) is 21.6. The summed E-state index contributed by atoms with van der Waals surface area (Å²) in [5.74, 6) is 0.712. The van der Waals surface area contributed by atoms with Crippen LogP contribution in [0.2, 0.25) is 0 Å². The quantitative estimate of drug-likeness (QED) is 0.502. The number of nitrogens with one attached hydrogen (secondary N) is 1. The number of nitrogens with zero attached hydrogens (tertiary/aromatic N) is 1. The van der Waals surface area contributed by atoms with Crippen LogP contribution >= 0.6 is 17.0 Å². The number of aliphatic imine (C=N–C) groups is 1. The lowest BCUT2D eigenvalue weighted by Gasteiger charge is -2.36. The third-order valence-corrected chi connectivity index (χ3v) is 3.33. The van der Waals surface area contributed by atoms with Crippen LogP contribution in [0.3, 0.4) is 0 Å². The summed E-state index contributed by atoms with van der Waals surface area (Å²) >= 11 is 0. The Balaban J connectivity index is 0.00000200. The Labute approximate surface area is 129 Å². The van der Waals surface area contributed by atoms with Crippen molar-refractivity contribution < 1.29 is 4.39 Å². The van der Waals surface area contributed by atoms with Gasteiger partial charge in [-0.3, -0.25) is 0 Å². The average Bonchev–Trinajstić information content (AvgIpc) is 2.30. The second kappa shape index (κ2) is 7.43. The molecule has 0 saturated heterocycles. The highest BCUT2D eigenvalue weighted by Gasteiger charge is 2.30. The van der Waals surface area contributed by atoms with Crippen LogP contribution in [0.4, 0.5) is 4.39 Å². The second-order valence-corrected chi connectivity index (χ2v) is 5.22. The second-order valence-electron chi connectivity index (χ2n) is 5.22. The molecule has 1 aromatic carbocycles. The van der Waals surface area contributed by atoms with Crippen molar-refractivity contribution in [2.24, 2.45) is 10.7 Å². The predicted octanol–water partition coefficient (Wildman–Crippen LogP) is 3.13. The first-order valence-corrected chi connectivity index (χ1v) is 6.51. The molecule has 5 heteroatoms. The monoisotopic (exact) mass is 341 g/mol. The Morgan fingerprint density at radius 2 is 2.20 bits per heavy atom. The molecule has 0 aromatic heterocycles. The van der Waals surface area contributed by atoms with E-state index in [4.69, 9.17) is 5.73 Å². The first-order chi connectivity index (χ1) is 9.04. The van der Waals surface area contributed by atoms with E-state index in [1.54, 1.807) is 12.1 Å². The maximum absolute atomic E-state index is 13.1. The van der Waals surface area contributed by atoms with Gasteiger partial charge in [-0.15, -0.1) is 17.0 Å². The van der Waals surface area contributed by atoms with Crippen molar-refractivity contribution >= 4 is 22.9 Å². The Bertz CT molecular complexity index is 496. The van der Waals surface area contributed by atoms with E-state index in [1.165, 1.54) is 6.07 Å². The summed E-state index contributed by atoms with van der Waals surface area (Å²) in [4.78, 5) is 4.18. The summed E-state index contributed by atoms with van der Waals surface area (Å²) in [6, 6.07) is 7.15. The van der Waals surface area contributed by atoms with Crippen LogP contribution in [0, 0.1) is 5.82 Å². The van der Waals surface area contributed by atoms with Gasteiger partial charge in [0.1, 0.15) is 5.82 Å². The van der Waals surface area contributed by atoms with Crippen molar-refractivity contribution in [2.75, 3.05) is 6.54 Å². The van der Waals surface area contributed by atoms with Crippen molar-refractivity contribution in [3.63, 3.8) is 0 Å². The minimum Gasteiger partial charge on any atom is -0.370 e. The van der Waals surface area contributed by atoms with Crippen LogP contribution in [0.15, 0.2) is 41.4 Å². The average molecular weight is 342 g/mol. The summed E-state index contributed by atoms with van der Waals surface area (Å²) in [6.45, 7) is 6.25. The van der Waals surface area contributed by atoms with Crippen molar-refractivity contribution in [3.8, 4) is 0 Å². The summed E-state index contributed by atoms with van der Waals surface area (Å²) in [5.41, 5.74) is 7.83. The number of hydrogen-bond acceptors (Lipinski definition) is 1. The standard InChI is InChI=1S/C15H20FN3.BrH/c1-10(2)9-18-15(17)19-14-7-12(8-14)11-4-3-5-13(16)6-11;/h3-6,12,14H,1,7-9H2,2H3,(H3,17,18,19);1H. The molecule has 0 atom stereocenters. The topological polar surface area (TPSA) is 50.4 Å². The SMILES string of the molecule is Br.C=C(C)CN=C(N)NC1CC(c2cccc(F)c2)C1. The van der Waals surface area contributed by atoms with Gasteiger partial charge in [0.25, 0.3) is 0 Å². The van der Waals surface area contributed by atoms with Crippen molar-refractivity contribution in [3.05, 3.63) is 47.8 Å². The van der Waals surface area contributed by atoms with Gasteiger partial charge in [0, 0.05) is 6.04 Å². The van der Waals surface area contributed by atoms with Gasteiger partial charge in [0.15, 0.2) is 5.96 Å². The lowest BCUT2D eigenvalue weighted by atomic mass is 9.76. The highest BCUT2D eigenvalue weighted by atomic mass is 79.9. The summed E-state index contributed by atoms with van der Waals surface area (Å²) < 4.78 is 13.1. The first-order valence-electron chi connectivity index (χ1n) is 6.51. The van der Waals surface area contributed by atoms with Gasteiger partial charge < -0.3 is 11.1 Å². The molecule has 1 saturated carbocycles. The molecule has 110 valence electrons. The van der Waals surface area contributed by atoms with Gasteiger partial charge in [0.2, 0.25) is 0 Å². The molecule has 0 aliphatic heterocycles. The fraction of sp³-hybridized carbons (Fsp3) is 0.400. The van der Waals surface area contributed by atoms with Gasteiger partial charge >= 0.3 is 0 Å². The minimum absolute atomic E-state index is 0. The maximum atomic E-state index is 13.1.